The van der Waals surface area contributed by atoms with Gasteiger partial charge in [-0.2, -0.15) is 8.42 Å². The lowest BCUT2D eigenvalue weighted by Gasteiger charge is -1.95. The van der Waals surface area contributed by atoms with Crippen molar-refractivity contribution in [3.8, 4) is 0 Å². The zero-order valence-electron chi connectivity index (χ0n) is 3.79. The average molecular weight is 155 g/mol. The first-order valence-electron chi connectivity index (χ1n) is 1.55. The Labute approximate surface area is 52.4 Å². The molecule has 0 saturated heterocycles. The molecule has 0 radical (unpaired) electrons. The summed E-state index contributed by atoms with van der Waals surface area (Å²) in [5.41, 5.74) is 0.842. The van der Waals surface area contributed by atoms with Gasteiger partial charge < -0.3 is 0 Å². The normalized spacial score (nSPS) is 10.6. The van der Waals surface area contributed by atoms with Crippen LogP contribution in [0, 0.1) is 0 Å². The highest BCUT2D eigenvalue weighted by molar-refractivity contribution is 7.89. The van der Waals surface area contributed by atoms with Crippen molar-refractivity contribution < 1.29 is 8.42 Å². The van der Waals surface area contributed by atoms with Crippen LogP contribution in [0.3, 0.4) is 0 Å². The van der Waals surface area contributed by atoms with Gasteiger partial charge in [-0.3, -0.25) is 10.6 Å². The number of hydrogen-bond acceptors (Lipinski definition) is 4. The van der Waals surface area contributed by atoms with Crippen molar-refractivity contribution in [1.82, 2.24) is 9.55 Å². The molecule has 7 heteroatoms. The van der Waals surface area contributed by atoms with Crippen LogP contribution < -0.4 is 15.4 Å². The van der Waals surface area contributed by atoms with Crippen LogP contribution in [0.25, 0.3) is 0 Å². The smallest absolute Gasteiger partial charge is 0.267 e. The van der Waals surface area contributed by atoms with Crippen LogP contribution in [-0.4, -0.2) is 13.9 Å². The highest BCUT2D eigenvalue weighted by Crippen LogP contribution is 1.63. The number of rotatable bonds is 3. The van der Waals surface area contributed by atoms with Crippen molar-refractivity contribution >= 4 is 27.9 Å². The van der Waals surface area contributed by atoms with Gasteiger partial charge in [-0.25, -0.2) is 0 Å². The molecule has 0 amide bonds. The van der Waals surface area contributed by atoms with E-state index < -0.39 is 10.2 Å². The van der Waals surface area contributed by atoms with Crippen molar-refractivity contribution in [2.45, 2.75) is 0 Å². The highest BCUT2D eigenvalue weighted by atomic mass is 32.2. The van der Waals surface area contributed by atoms with E-state index in [4.69, 9.17) is 0 Å². The summed E-state index contributed by atoms with van der Waals surface area (Å²) in [5, 5.41) is 0. The average Bonchev–Trinajstić information content (AvgIpc) is 1.67. The molecule has 0 aliphatic heterocycles. The van der Waals surface area contributed by atoms with Gasteiger partial charge in [0.2, 0.25) is 0 Å². The third-order valence-corrected chi connectivity index (χ3v) is 1.36. The van der Waals surface area contributed by atoms with Gasteiger partial charge in [0.25, 0.3) is 0 Å². The molecule has 0 spiro atoms. The zero-order chi connectivity index (χ0) is 6.62. The molecule has 0 heterocycles. The molecule has 0 aliphatic rings. The molecule has 5 nitrogen and oxygen atoms in total. The Morgan fingerprint density at radius 1 is 1.62 bits per heavy atom. The van der Waals surface area contributed by atoms with E-state index >= 15 is 0 Å². The van der Waals surface area contributed by atoms with Crippen LogP contribution in [0.2, 0.25) is 0 Å². The second-order valence-corrected chi connectivity index (χ2v) is 2.57. The molecule has 8 heavy (non-hydrogen) atoms. The van der Waals surface area contributed by atoms with Crippen LogP contribution >= 0.6 is 12.2 Å². The van der Waals surface area contributed by atoms with Crippen molar-refractivity contribution in [3.05, 3.63) is 0 Å². The summed E-state index contributed by atoms with van der Waals surface area (Å²) < 4.78 is 22.1. The van der Waals surface area contributed by atoms with Crippen molar-refractivity contribution in [2.75, 3.05) is 0 Å². The summed E-state index contributed by atoms with van der Waals surface area (Å²) in [6.45, 7) is 0. The molecular formula is CH5N3O2S2. The van der Waals surface area contributed by atoms with E-state index in [1.54, 1.807) is 4.72 Å². The molecule has 0 saturated carbocycles. The molecule has 0 rings (SSSR count). The highest BCUT2D eigenvalue weighted by Gasteiger charge is 1.98. The van der Waals surface area contributed by atoms with Gasteiger partial charge in [0.05, 0.1) is 5.49 Å². The molecule has 0 bridgehead atoms. The van der Waals surface area contributed by atoms with E-state index in [-0.39, 0.29) is 0 Å². The van der Waals surface area contributed by atoms with E-state index in [1.165, 1.54) is 4.83 Å². The Kier molecular flexibility index (Phi) is 2.84. The third-order valence-electron chi connectivity index (χ3n) is 0.358. The SMILES string of the molecule is NNS(=O)(=O)NC=S. The minimum Gasteiger partial charge on any atom is -0.267 e. The maximum Gasteiger partial charge on any atom is 0.311 e. The number of hydrogen-bond donors (Lipinski definition) is 3. The third kappa shape index (κ3) is 2.86. The van der Waals surface area contributed by atoms with Crippen molar-refractivity contribution in [2.24, 2.45) is 5.84 Å². The van der Waals surface area contributed by atoms with Crippen LogP contribution in [0.5, 0.6) is 0 Å². The van der Waals surface area contributed by atoms with Crippen LogP contribution in [0.1, 0.15) is 0 Å². The molecule has 0 unspecified atom stereocenters. The molecule has 0 fully saturated rings. The Morgan fingerprint density at radius 3 is 2.25 bits per heavy atom. The monoisotopic (exact) mass is 155 g/mol. The summed E-state index contributed by atoms with van der Waals surface area (Å²) in [6.07, 6.45) is 0. The number of nitrogens with two attached hydrogens (primary N) is 1. The molecule has 0 aromatic carbocycles. The molecule has 0 aromatic rings. The lowest BCUT2D eigenvalue weighted by atomic mass is 11.6. The molecule has 0 atom stereocenters. The number of thiocarbonyl (C=S) groups is 1. The van der Waals surface area contributed by atoms with E-state index in [2.05, 4.69) is 18.1 Å². The van der Waals surface area contributed by atoms with Crippen LogP contribution in [-0.2, 0) is 10.2 Å². The fraction of sp³-hybridized carbons (Fsp3) is 0. The number of hydrazine groups is 1. The lowest BCUT2D eigenvalue weighted by Crippen LogP contribution is -2.39. The van der Waals surface area contributed by atoms with Gasteiger partial charge in [0.1, 0.15) is 0 Å². The molecule has 0 aliphatic carbocycles. The standard InChI is InChI=1S/CH5N3O2S2/c2-4-8(5,6)3-1-7/h1,4H,2H2,(H,3,7). The Balaban J connectivity index is 3.94. The molecular weight excluding hydrogens is 150 g/mol. The fourth-order valence-electron chi connectivity index (χ4n) is 0.0974. The van der Waals surface area contributed by atoms with Gasteiger partial charge in [0, 0.05) is 0 Å². The predicted octanol–water partition coefficient (Wildman–Crippen LogP) is -1.76. The van der Waals surface area contributed by atoms with Gasteiger partial charge in [-0.15, -0.1) is 4.83 Å². The Hall–Kier alpha value is -0.240. The van der Waals surface area contributed by atoms with Gasteiger partial charge >= 0.3 is 10.2 Å². The maximum absolute atomic E-state index is 10.2. The zero-order valence-corrected chi connectivity index (χ0v) is 5.42. The first kappa shape index (κ1) is 7.76. The first-order valence-corrected chi connectivity index (χ1v) is 3.51. The summed E-state index contributed by atoms with van der Waals surface area (Å²) in [6, 6.07) is 0. The van der Waals surface area contributed by atoms with Gasteiger partial charge in [-0.1, -0.05) is 12.2 Å². The molecule has 4 N–H and O–H groups in total. The summed E-state index contributed by atoms with van der Waals surface area (Å²) >= 11 is 4.16. The minimum atomic E-state index is -3.55. The van der Waals surface area contributed by atoms with Crippen LogP contribution in [0.4, 0.5) is 0 Å². The van der Waals surface area contributed by atoms with E-state index in [1.807, 2.05) is 0 Å². The Bertz CT molecular complexity index is 160. The quantitative estimate of drug-likeness (QED) is 0.256. The summed E-state index contributed by atoms with van der Waals surface area (Å²) in [4.78, 5) is 1.51. The van der Waals surface area contributed by atoms with E-state index in [0.717, 1.165) is 5.49 Å². The Morgan fingerprint density at radius 2 is 2.12 bits per heavy atom. The minimum absolute atomic E-state index is 0.842. The van der Waals surface area contributed by atoms with E-state index in [9.17, 15) is 8.42 Å². The predicted molar refractivity (Wildman–Crippen MR) is 33.0 cm³/mol. The summed E-state index contributed by atoms with van der Waals surface area (Å²) in [7, 11) is -3.55. The molecule has 48 valence electrons. The first-order chi connectivity index (χ1) is 3.62. The lowest BCUT2D eigenvalue weighted by molar-refractivity contribution is 0.581. The van der Waals surface area contributed by atoms with Crippen molar-refractivity contribution in [3.63, 3.8) is 0 Å². The van der Waals surface area contributed by atoms with Crippen LogP contribution in [0.15, 0.2) is 0 Å². The number of nitrogens with one attached hydrogen (secondary N) is 2. The second-order valence-electron chi connectivity index (χ2n) is 0.857. The largest absolute Gasteiger partial charge is 0.311 e. The van der Waals surface area contributed by atoms with Crippen molar-refractivity contribution in [1.29, 1.82) is 0 Å². The molecule has 0 aromatic heterocycles. The van der Waals surface area contributed by atoms with E-state index in [0.29, 0.717) is 0 Å². The topological polar surface area (TPSA) is 84.2 Å². The summed E-state index contributed by atoms with van der Waals surface area (Å²) in [5.74, 6) is 4.53. The maximum atomic E-state index is 10.2. The second kappa shape index (κ2) is 2.92. The van der Waals surface area contributed by atoms with Gasteiger partial charge in [0.15, 0.2) is 0 Å². The van der Waals surface area contributed by atoms with Gasteiger partial charge in [-0.05, 0) is 0 Å². The fourth-order valence-corrected chi connectivity index (χ4v) is 0.672.